The van der Waals surface area contributed by atoms with Crippen molar-refractivity contribution in [2.24, 2.45) is 5.92 Å². The molecule has 0 spiro atoms. The van der Waals surface area contributed by atoms with E-state index in [2.05, 4.69) is 13.8 Å². The summed E-state index contributed by atoms with van der Waals surface area (Å²) < 4.78 is 0. The summed E-state index contributed by atoms with van der Waals surface area (Å²) in [6, 6.07) is 5.48. The zero-order chi connectivity index (χ0) is 13.3. The molecule has 1 heterocycles. The maximum absolute atomic E-state index is 12.5. The normalized spacial score (nSPS) is 24.1. The fraction of sp³-hybridized carbons (Fsp3) is 0.500. The highest BCUT2D eigenvalue weighted by atomic mass is 35.5. The fourth-order valence-electron chi connectivity index (χ4n) is 2.49. The number of nitrogen functional groups attached to an aromatic ring is 1. The first-order chi connectivity index (χ1) is 8.52. The zero-order valence-electron chi connectivity index (χ0n) is 10.8. The molecule has 2 unspecified atom stereocenters. The molecule has 2 N–H and O–H groups in total. The minimum atomic E-state index is -0.00801. The van der Waals surface area contributed by atoms with Crippen molar-refractivity contribution in [2.75, 3.05) is 12.3 Å². The van der Waals surface area contributed by atoms with Crippen LogP contribution in [0, 0.1) is 5.92 Å². The summed E-state index contributed by atoms with van der Waals surface area (Å²) in [7, 11) is 0. The number of nitrogens with zero attached hydrogens (tertiary/aromatic N) is 1. The lowest BCUT2D eigenvalue weighted by Crippen LogP contribution is -2.46. The predicted molar refractivity (Wildman–Crippen MR) is 74.8 cm³/mol. The second-order valence-corrected chi connectivity index (χ2v) is 5.45. The summed E-state index contributed by atoms with van der Waals surface area (Å²) >= 11 is 6.12. The first-order valence-electron chi connectivity index (χ1n) is 6.37. The minimum absolute atomic E-state index is 0.00801. The Kier molecular flexibility index (Phi) is 3.81. The number of hydrogen-bond acceptors (Lipinski definition) is 2. The van der Waals surface area contributed by atoms with Crippen LogP contribution in [0.4, 0.5) is 5.69 Å². The molecular formula is C14H19ClN2O. The van der Waals surface area contributed by atoms with Crippen LogP contribution in [0.3, 0.4) is 0 Å². The van der Waals surface area contributed by atoms with Crippen molar-refractivity contribution in [2.45, 2.75) is 32.7 Å². The molecule has 0 saturated carbocycles. The number of nitrogens with two attached hydrogens (primary N) is 1. The SMILES string of the molecule is CC1CCCN(C(=O)c2cccc(N)c2Cl)C1C. The Bertz CT molecular complexity index is 461. The van der Waals surface area contributed by atoms with Crippen LogP contribution in [0.25, 0.3) is 0 Å². The molecule has 2 rings (SSSR count). The molecular weight excluding hydrogens is 248 g/mol. The third-order valence-corrected chi connectivity index (χ3v) is 4.32. The van der Waals surface area contributed by atoms with Gasteiger partial charge in [0.25, 0.3) is 5.91 Å². The second-order valence-electron chi connectivity index (χ2n) is 5.07. The van der Waals surface area contributed by atoms with Crippen molar-refractivity contribution >= 4 is 23.2 Å². The Morgan fingerprint density at radius 1 is 1.44 bits per heavy atom. The van der Waals surface area contributed by atoms with E-state index < -0.39 is 0 Å². The molecule has 1 fully saturated rings. The van der Waals surface area contributed by atoms with Crippen molar-refractivity contribution in [1.29, 1.82) is 0 Å². The molecule has 0 radical (unpaired) electrons. The Morgan fingerprint density at radius 3 is 2.89 bits per heavy atom. The van der Waals surface area contributed by atoms with E-state index in [-0.39, 0.29) is 11.9 Å². The van der Waals surface area contributed by atoms with Crippen LogP contribution in [0.15, 0.2) is 18.2 Å². The quantitative estimate of drug-likeness (QED) is 0.794. The average molecular weight is 267 g/mol. The summed E-state index contributed by atoms with van der Waals surface area (Å²) in [5.41, 5.74) is 6.72. The van der Waals surface area contributed by atoms with Crippen molar-refractivity contribution in [3.8, 4) is 0 Å². The van der Waals surface area contributed by atoms with Crippen molar-refractivity contribution in [3.05, 3.63) is 28.8 Å². The maximum Gasteiger partial charge on any atom is 0.255 e. The lowest BCUT2D eigenvalue weighted by atomic mass is 9.91. The van der Waals surface area contributed by atoms with Gasteiger partial charge in [0.2, 0.25) is 0 Å². The van der Waals surface area contributed by atoms with Crippen LogP contribution in [0.2, 0.25) is 5.02 Å². The summed E-state index contributed by atoms with van der Waals surface area (Å²) in [6.45, 7) is 5.09. The Hall–Kier alpha value is -1.22. The summed E-state index contributed by atoms with van der Waals surface area (Å²) in [6.07, 6.45) is 2.23. The molecule has 1 aliphatic heterocycles. The topological polar surface area (TPSA) is 46.3 Å². The highest BCUT2D eigenvalue weighted by Gasteiger charge is 2.30. The highest BCUT2D eigenvalue weighted by Crippen LogP contribution is 2.28. The number of rotatable bonds is 1. The first kappa shape index (κ1) is 13.2. The lowest BCUT2D eigenvalue weighted by Gasteiger charge is -2.38. The van der Waals surface area contributed by atoms with E-state index in [0.717, 1.165) is 13.0 Å². The summed E-state index contributed by atoms with van der Waals surface area (Å²) in [5, 5.41) is 0.368. The van der Waals surface area contributed by atoms with Gasteiger partial charge < -0.3 is 10.6 Å². The molecule has 1 aromatic carbocycles. The molecule has 98 valence electrons. The zero-order valence-corrected chi connectivity index (χ0v) is 11.6. The van der Waals surface area contributed by atoms with E-state index in [0.29, 0.717) is 22.2 Å². The average Bonchev–Trinajstić information content (AvgIpc) is 2.35. The van der Waals surface area contributed by atoms with Gasteiger partial charge in [0.05, 0.1) is 16.3 Å². The highest BCUT2D eigenvalue weighted by molar-refractivity contribution is 6.36. The second kappa shape index (κ2) is 5.19. The van der Waals surface area contributed by atoms with Gasteiger partial charge in [0, 0.05) is 12.6 Å². The molecule has 1 aromatic rings. The van der Waals surface area contributed by atoms with Crippen molar-refractivity contribution in [3.63, 3.8) is 0 Å². The van der Waals surface area contributed by atoms with E-state index in [4.69, 9.17) is 17.3 Å². The van der Waals surface area contributed by atoms with E-state index >= 15 is 0 Å². The third kappa shape index (κ3) is 2.32. The summed E-state index contributed by atoms with van der Waals surface area (Å²) in [5.74, 6) is 0.522. The molecule has 4 heteroatoms. The lowest BCUT2D eigenvalue weighted by molar-refractivity contribution is 0.0551. The van der Waals surface area contributed by atoms with Crippen molar-refractivity contribution in [1.82, 2.24) is 4.90 Å². The van der Waals surface area contributed by atoms with Gasteiger partial charge >= 0.3 is 0 Å². The van der Waals surface area contributed by atoms with Crippen LogP contribution >= 0.6 is 11.6 Å². The van der Waals surface area contributed by atoms with Gasteiger partial charge in [-0.3, -0.25) is 4.79 Å². The van der Waals surface area contributed by atoms with Gasteiger partial charge in [-0.05, 0) is 37.8 Å². The van der Waals surface area contributed by atoms with E-state index in [1.807, 2.05) is 4.90 Å². The number of carbonyl (C=O) groups excluding carboxylic acids is 1. The number of amides is 1. The van der Waals surface area contributed by atoms with Gasteiger partial charge in [-0.15, -0.1) is 0 Å². The van der Waals surface area contributed by atoms with E-state index in [1.54, 1.807) is 18.2 Å². The molecule has 0 aliphatic carbocycles. The van der Waals surface area contributed by atoms with Crippen LogP contribution in [-0.4, -0.2) is 23.4 Å². The monoisotopic (exact) mass is 266 g/mol. The Morgan fingerprint density at radius 2 is 2.17 bits per heavy atom. The largest absolute Gasteiger partial charge is 0.398 e. The third-order valence-electron chi connectivity index (χ3n) is 3.89. The number of likely N-dealkylation sites (tertiary alicyclic amines) is 1. The number of benzene rings is 1. The molecule has 1 aliphatic rings. The molecule has 3 nitrogen and oxygen atoms in total. The Labute approximate surface area is 113 Å². The molecule has 0 aromatic heterocycles. The number of carbonyl (C=O) groups is 1. The van der Waals surface area contributed by atoms with Gasteiger partial charge in [-0.1, -0.05) is 24.6 Å². The van der Waals surface area contributed by atoms with Crippen LogP contribution in [0.1, 0.15) is 37.0 Å². The first-order valence-corrected chi connectivity index (χ1v) is 6.75. The number of piperidine rings is 1. The van der Waals surface area contributed by atoms with E-state index in [1.165, 1.54) is 6.42 Å². The summed E-state index contributed by atoms with van der Waals surface area (Å²) in [4.78, 5) is 14.4. The molecule has 2 atom stereocenters. The standard InChI is InChI=1S/C14H19ClN2O/c1-9-5-4-8-17(10(9)2)14(18)11-6-3-7-12(16)13(11)15/h3,6-7,9-10H,4-5,8,16H2,1-2H3. The minimum Gasteiger partial charge on any atom is -0.398 e. The molecule has 18 heavy (non-hydrogen) atoms. The van der Waals surface area contributed by atoms with Crippen molar-refractivity contribution < 1.29 is 4.79 Å². The smallest absolute Gasteiger partial charge is 0.255 e. The van der Waals surface area contributed by atoms with Crippen LogP contribution in [-0.2, 0) is 0 Å². The molecule has 1 amide bonds. The number of halogens is 1. The fourth-order valence-corrected chi connectivity index (χ4v) is 2.70. The van der Waals surface area contributed by atoms with Crippen LogP contribution in [0.5, 0.6) is 0 Å². The van der Waals surface area contributed by atoms with Crippen LogP contribution < -0.4 is 5.73 Å². The Balaban J connectivity index is 2.28. The number of anilines is 1. The predicted octanol–water partition coefficient (Wildman–Crippen LogP) is 3.18. The van der Waals surface area contributed by atoms with E-state index in [9.17, 15) is 4.79 Å². The van der Waals surface area contributed by atoms with Gasteiger partial charge in [-0.2, -0.15) is 0 Å². The number of hydrogen-bond donors (Lipinski definition) is 1. The van der Waals surface area contributed by atoms with Gasteiger partial charge in [0.1, 0.15) is 0 Å². The van der Waals surface area contributed by atoms with Gasteiger partial charge in [0.15, 0.2) is 0 Å². The maximum atomic E-state index is 12.5. The van der Waals surface area contributed by atoms with Gasteiger partial charge in [-0.25, -0.2) is 0 Å². The molecule has 0 bridgehead atoms. The molecule has 1 saturated heterocycles.